The van der Waals surface area contributed by atoms with Crippen LogP contribution in [-0.2, 0) is 0 Å². The van der Waals surface area contributed by atoms with Crippen molar-refractivity contribution in [1.82, 2.24) is 4.90 Å². The van der Waals surface area contributed by atoms with Gasteiger partial charge in [0.05, 0.1) is 0 Å². The predicted octanol–water partition coefficient (Wildman–Crippen LogP) is 3.73. The van der Waals surface area contributed by atoms with E-state index in [9.17, 15) is 0 Å². The van der Waals surface area contributed by atoms with E-state index in [4.69, 9.17) is 5.73 Å². The van der Waals surface area contributed by atoms with Gasteiger partial charge in [0, 0.05) is 12.6 Å². The average Bonchev–Trinajstić information content (AvgIpc) is 2.49. The first-order valence-corrected chi connectivity index (χ1v) is 8.17. The van der Waals surface area contributed by atoms with Crippen LogP contribution >= 0.6 is 0 Å². The van der Waals surface area contributed by atoms with Gasteiger partial charge < -0.3 is 5.73 Å². The number of benzene rings is 1. The van der Waals surface area contributed by atoms with Crippen LogP contribution in [0.1, 0.15) is 63.0 Å². The van der Waals surface area contributed by atoms with Crippen LogP contribution in [-0.4, -0.2) is 30.6 Å². The fourth-order valence-corrected chi connectivity index (χ4v) is 3.33. The first kappa shape index (κ1) is 15.5. The van der Waals surface area contributed by atoms with Gasteiger partial charge in [0.2, 0.25) is 0 Å². The second kappa shape index (κ2) is 7.24. The average molecular weight is 274 g/mol. The van der Waals surface area contributed by atoms with E-state index in [1.54, 1.807) is 0 Å². The van der Waals surface area contributed by atoms with Crippen LogP contribution < -0.4 is 5.73 Å². The summed E-state index contributed by atoms with van der Waals surface area (Å²) in [6.07, 6.45) is 4.04. The van der Waals surface area contributed by atoms with E-state index >= 15 is 0 Å². The van der Waals surface area contributed by atoms with Gasteiger partial charge >= 0.3 is 0 Å². The van der Waals surface area contributed by atoms with Crippen LogP contribution in [0.4, 0.5) is 0 Å². The summed E-state index contributed by atoms with van der Waals surface area (Å²) in [5, 5.41) is 0. The van der Waals surface area contributed by atoms with Crippen LogP contribution in [0.3, 0.4) is 0 Å². The summed E-state index contributed by atoms with van der Waals surface area (Å²) in [5.74, 6) is 1.12. The zero-order chi connectivity index (χ0) is 14.5. The van der Waals surface area contributed by atoms with Crippen LogP contribution in [0, 0.1) is 0 Å². The van der Waals surface area contributed by atoms with Crippen molar-refractivity contribution in [2.45, 2.75) is 57.9 Å². The van der Waals surface area contributed by atoms with Crippen LogP contribution in [0.15, 0.2) is 24.3 Å². The van der Waals surface area contributed by atoms with Crippen LogP contribution in [0.2, 0.25) is 0 Å². The number of rotatable bonds is 5. The first-order chi connectivity index (χ1) is 9.63. The van der Waals surface area contributed by atoms with Crippen molar-refractivity contribution >= 4 is 0 Å². The lowest BCUT2D eigenvalue weighted by Crippen LogP contribution is -2.46. The molecule has 1 aliphatic rings. The van der Waals surface area contributed by atoms with E-state index in [2.05, 4.69) is 49.9 Å². The summed E-state index contributed by atoms with van der Waals surface area (Å²) in [6, 6.07) is 9.64. The fraction of sp³-hybridized carbons (Fsp3) is 0.667. The summed E-state index contributed by atoms with van der Waals surface area (Å²) in [7, 11) is 0. The van der Waals surface area contributed by atoms with Gasteiger partial charge in [-0.3, -0.25) is 4.90 Å². The summed E-state index contributed by atoms with van der Waals surface area (Å²) in [5.41, 5.74) is 8.92. The third-order valence-corrected chi connectivity index (χ3v) is 4.81. The van der Waals surface area contributed by atoms with E-state index in [0.29, 0.717) is 17.9 Å². The standard InChI is InChI=1S/C18H30N2/c1-14(2)16-7-9-17(10-8-16)15(3)18(13-19)20-11-5-4-6-12-20/h7-10,14-15,18H,4-6,11-13,19H2,1-3H3. The van der Waals surface area contributed by atoms with Crippen LogP contribution in [0.5, 0.6) is 0 Å². The first-order valence-electron chi connectivity index (χ1n) is 8.17. The number of nitrogens with zero attached hydrogens (tertiary/aromatic N) is 1. The van der Waals surface area contributed by atoms with Gasteiger partial charge in [-0.15, -0.1) is 0 Å². The molecule has 2 N–H and O–H groups in total. The van der Waals surface area contributed by atoms with E-state index in [-0.39, 0.29) is 0 Å². The predicted molar refractivity (Wildman–Crippen MR) is 87.2 cm³/mol. The Bertz CT molecular complexity index is 390. The maximum Gasteiger partial charge on any atom is 0.0284 e. The molecule has 0 bridgehead atoms. The molecule has 1 aromatic carbocycles. The van der Waals surface area contributed by atoms with E-state index in [0.717, 1.165) is 6.54 Å². The zero-order valence-electron chi connectivity index (χ0n) is 13.3. The van der Waals surface area contributed by atoms with Crippen molar-refractivity contribution in [3.63, 3.8) is 0 Å². The highest BCUT2D eigenvalue weighted by atomic mass is 15.2. The molecule has 1 heterocycles. The Morgan fingerprint density at radius 1 is 0.950 bits per heavy atom. The molecule has 0 amide bonds. The number of nitrogens with two attached hydrogens (primary N) is 1. The molecule has 20 heavy (non-hydrogen) atoms. The largest absolute Gasteiger partial charge is 0.329 e. The highest BCUT2D eigenvalue weighted by molar-refractivity contribution is 5.28. The molecule has 2 nitrogen and oxygen atoms in total. The Labute approximate surface area is 124 Å². The van der Waals surface area contributed by atoms with E-state index in [1.807, 2.05) is 0 Å². The van der Waals surface area contributed by atoms with Gasteiger partial charge in [0.1, 0.15) is 0 Å². The molecular weight excluding hydrogens is 244 g/mol. The summed E-state index contributed by atoms with van der Waals surface area (Å²) in [4.78, 5) is 2.60. The molecule has 1 aromatic rings. The molecule has 2 atom stereocenters. The molecule has 112 valence electrons. The van der Waals surface area contributed by atoms with Crippen molar-refractivity contribution < 1.29 is 0 Å². The second-order valence-corrected chi connectivity index (χ2v) is 6.51. The number of hydrogen-bond donors (Lipinski definition) is 1. The highest BCUT2D eigenvalue weighted by Crippen LogP contribution is 2.26. The SMILES string of the molecule is CC(C)c1ccc(C(C)C(CN)N2CCCCC2)cc1. The highest BCUT2D eigenvalue weighted by Gasteiger charge is 2.25. The normalized spacial score (nSPS) is 20.1. The smallest absolute Gasteiger partial charge is 0.0284 e. The van der Waals surface area contributed by atoms with Gasteiger partial charge in [-0.1, -0.05) is 51.5 Å². The molecule has 0 radical (unpaired) electrons. The van der Waals surface area contributed by atoms with Gasteiger partial charge in [-0.05, 0) is 48.9 Å². The lowest BCUT2D eigenvalue weighted by atomic mass is 9.89. The maximum absolute atomic E-state index is 6.08. The number of piperidine rings is 1. The molecule has 0 aliphatic carbocycles. The third kappa shape index (κ3) is 3.62. The Kier molecular flexibility index (Phi) is 5.62. The fourth-order valence-electron chi connectivity index (χ4n) is 3.33. The Balaban J connectivity index is 2.08. The zero-order valence-corrected chi connectivity index (χ0v) is 13.3. The number of likely N-dealkylation sites (tertiary alicyclic amines) is 1. The minimum atomic E-state index is 0.486. The van der Waals surface area contributed by atoms with E-state index < -0.39 is 0 Å². The number of hydrogen-bond acceptors (Lipinski definition) is 2. The quantitative estimate of drug-likeness (QED) is 0.886. The molecule has 2 unspecified atom stereocenters. The van der Waals surface area contributed by atoms with Crippen molar-refractivity contribution in [3.05, 3.63) is 35.4 Å². The van der Waals surface area contributed by atoms with Gasteiger partial charge in [0.25, 0.3) is 0 Å². The topological polar surface area (TPSA) is 29.3 Å². The molecule has 1 aliphatic heterocycles. The minimum Gasteiger partial charge on any atom is -0.329 e. The molecule has 2 heteroatoms. The molecule has 1 fully saturated rings. The van der Waals surface area contributed by atoms with Crippen molar-refractivity contribution in [2.75, 3.05) is 19.6 Å². The van der Waals surface area contributed by atoms with Crippen molar-refractivity contribution in [3.8, 4) is 0 Å². The van der Waals surface area contributed by atoms with Gasteiger partial charge in [0.15, 0.2) is 0 Å². The second-order valence-electron chi connectivity index (χ2n) is 6.51. The Morgan fingerprint density at radius 2 is 1.50 bits per heavy atom. The lowest BCUT2D eigenvalue weighted by Gasteiger charge is -2.37. The Morgan fingerprint density at radius 3 is 2.00 bits per heavy atom. The van der Waals surface area contributed by atoms with Crippen molar-refractivity contribution in [1.29, 1.82) is 0 Å². The summed E-state index contributed by atoms with van der Waals surface area (Å²) >= 11 is 0. The van der Waals surface area contributed by atoms with Crippen LogP contribution in [0.25, 0.3) is 0 Å². The summed E-state index contributed by atoms with van der Waals surface area (Å²) < 4.78 is 0. The monoisotopic (exact) mass is 274 g/mol. The van der Waals surface area contributed by atoms with Gasteiger partial charge in [-0.2, -0.15) is 0 Å². The summed E-state index contributed by atoms with van der Waals surface area (Å²) in [6.45, 7) is 10.0. The molecule has 2 rings (SSSR count). The molecule has 1 saturated heterocycles. The van der Waals surface area contributed by atoms with Crippen molar-refractivity contribution in [2.24, 2.45) is 5.73 Å². The maximum atomic E-state index is 6.08. The molecule has 0 spiro atoms. The third-order valence-electron chi connectivity index (χ3n) is 4.81. The van der Waals surface area contributed by atoms with E-state index in [1.165, 1.54) is 43.5 Å². The molecular formula is C18H30N2. The van der Waals surface area contributed by atoms with Gasteiger partial charge in [-0.25, -0.2) is 0 Å². The Hall–Kier alpha value is -0.860. The molecule has 0 aromatic heterocycles. The molecule has 0 saturated carbocycles. The lowest BCUT2D eigenvalue weighted by molar-refractivity contribution is 0.149. The minimum absolute atomic E-state index is 0.486.